The highest BCUT2D eigenvalue weighted by Crippen LogP contribution is 2.18. The van der Waals surface area contributed by atoms with E-state index in [1.165, 1.54) is 50.5 Å². The van der Waals surface area contributed by atoms with Crippen molar-refractivity contribution in [1.82, 2.24) is 0 Å². The summed E-state index contributed by atoms with van der Waals surface area (Å²) in [4.78, 5) is 0. The highest BCUT2D eigenvalue weighted by molar-refractivity contribution is 5.26. The van der Waals surface area contributed by atoms with Crippen LogP contribution in [0.4, 0.5) is 0 Å². The van der Waals surface area contributed by atoms with Crippen LogP contribution in [0.15, 0.2) is 24.3 Å². The minimum absolute atomic E-state index is 0.363. The fourth-order valence-electron chi connectivity index (χ4n) is 2.41. The Hall–Kier alpha value is -0.980. The van der Waals surface area contributed by atoms with E-state index in [0.717, 1.165) is 12.3 Å². The molecule has 0 bridgehead atoms. The van der Waals surface area contributed by atoms with Crippen LogP contribution in [0.25, 0.3) is 0 Å². The van der Waals surface area contributed by atoms with Gasteiger partial charge in [0.2, 0.25) is 0 Å². The van der Waals surface area contributed by atoms with Crippen LogP contribution in [0.5, 0.6) is 5.75 Å². The first-order valence-corrected chi connectivity index (χ1v) is 7.50. The van der Waals surface area contributed by atoms with Gasteiger partial charge in [-0.1, -0.05) is 70.9 Å². The van der Waals surface area contributed by atoms with Gasteiger partial charge >= 0.3 is 0 Å². The van der Waals surface area contributed by atoms with E-state index in [4.69, 9.17) is 0 Å². The molecule has 102 valence electrons. The third-order valence-electron chi connectivity index (χ3n) is 3.57. The van der Waals surface area contributed by atoms with E-state index in [-0.39, 0.29) is 0 Å². The predicted molar refractivity (Wildman–Crippen MR) is 79.0 cm³/mol. The van der Waals surface area contributed by atoms with Gasteiger partial charge in [-0.25, -0.2) is 0 Å². The van der Waals surface area contributed by atoms with Crippen LogP contribution < -0.4 is 0 Å². The molecule has 0 aromatic heterocycles. The number of rotatable bonds is 9. The second-order valence-corrected chi connectivity index (χ2v) is 5.53. The van der Waals surface area contributed by atoms with Crippen LogP contribution in [0.3, 0.4) is 0 Å². The molecule has 0 fully saturated rings. The van der Waals surface area contributed by atoms with Gasteiger partial charge in [-0.3, -0.25) is 0 Å². The molecule has 0 amide bonds. The second kappa shape index (κ2) is 9.02. The molecule has 1 unspecified atom stereocenters. The van der Waals surface area contributed by atoms with Crippen LogP contribution in [0, 0.1) is 5.92 Å². The van der Waals surface area contributed by atoms with Crippen LogP contribution in [0.1, 0.15) is 64.4 Å². The summed E-state index contributed by atoms with van der Waals surface area (Å²) in [5, 5.41) is 9.23. The maximum atomic E-state index is 9.23. The third kappa shape index (κ3) is 6.68. The monoisotopic (exact) mass is 248 g/mol. The average Bonchev–Trinajstić information content (AvgIpc) is 2.36. The Balaban J connectivity index is 2.10. The first-order valence-electron chi connectivity index (χ1n) is 7.50. The number of hydrogen-bond donors (Lipinski definition) is 1. The molecule has 0 aliphatic carbocycles. The number of aromatic hydroxyl groups is 1. The van der Waals surface area contributed by atoms with Gasteiger partial charge in [0.1, 0.15) is 5.75 Å². The van der Waals surface area contributed by atoms with Crippen molar-refractivity contribution in [3.05, 3.63) is 29.8 Å². The lowest BCUT2D eigenvalue weighted by molar-refractivity contribution is 0.471. The maximum absolute atomic E-state index is 9.23. The van der Waals surface area contributed by atoms with Crippen LogP contribution in [-0.4, -0.2) is 5.11 Å². The van der Waals surface area contributed by atoms with E-state index in [1.807, 2.05) is 12.1 Å². The van der Waals surface area contributed by atoms with Gasteiger partial charge in [0.05, 0.1) is 0 Å². The fraction of sp³-hybridized carbons (Fsp3) is 0.647. The number of phenols is 1. The number of phenolic OH excluding ortho intramolecular Hbond substituents is 1. The normalized spacial score (nSPS) is 12.6. The van der Waals surface area contributed by atoms with Crippen molar-refractivity contribution in [1.29, 1.82) is 0 Å². The molecule has 1 heteroatoms. The summed E-state index contributed by atoms with van der Waals surface area (Å²) in [6.45, 7) is 4.60. The Labute approximate surface area is 112 Å². The molecular formula is C17H28O. The minimum Gasteiger partial charge on any atom is -0.508 e. The number of unbranched alkanes of at least 4 members (excludes halogenated alkanes) is 5. The lowest BCUT2D eigenvalue weighted by Crippen LogP contribution is -1.99. The van der Waals surface area contributed by atoms with E-state index in [0.29, 0.717) is 5.75 Å². The Bertz CT molecular complexity index is 302. The molecule has 1 nitrogen and oxygen atoms in total. The van der Waals surface area contributed by atoms with Gasteiger partial charge in [-0.15, -0.1) is 0 Å². The Kier molecular flexibility index (Phi) is 7.55. The minimum atomic E-state index is 0.363. The van der Waals surface area contributed by atoms with E-state index in [2.05, 4.69) is 13.8 Å². The van der Waals surface area contributed by atoms with Crippen molar-refractivity contribution in [2.24, 2.45) is 5.92 Å². The predicted octanol–water partition coefficient (Wildman–Crippen LogP) is 5.32. The standard InChI is InChI=1S/C17H28O/c1-3-4-5-6-7-8-9-15(2)14-16-10-12-17(18)13-11-16/h10-13,15,18H,3-9,14H2,1-2H3. The summed E-state index contributed by atoms with van der Waals surface area (Å²) in [6.07, 6.45) is 10.7. The van der Waals surface area contributed by atoms with E-state index in [9.17, 15) is 5.11 Å². The molecule has 1 aromatic carbocycles. The number of benzene rings is 1. The van der Waals surface area contributed by atoms with E-state index < -0.39 is 0 Å². The maximum Gasteiger partial charge on any atom is 0.115 e. The SMILES string of the molecule is CCCCCCCCC(C)Cc1ccc(O)cc1. The largest absolute Gasteiger partial charge is 0.508 e. The van der Waals surface area contributed by atoms with Crippen molar-refractivity contribution in [3.63, 3.8) is 0 Å². The van der Waals surface area contributed by atoms with Crippen molar-refractivity contribution in [2.45, 2.75) is 65.2 Å². The lowest BCUT2D eigenvalue weighted by atomic mass is 9.95. The van der Waals surface area contributed by atoms with Gasteiger partial charge in [0, 0.05) is 0 Å². The fourth-order valence-corrected chi connectivity index (χ4v) is 2.41. The Morgan fingerprint density at radius 2 is 1.56 bits per heavy atom. The van der Waals surface area contributed by atoms with Crippen LogP contribution in [-0.2, 0) is 6.42 Å². The van der Waals surface area contributed by atoms with Gasteiger partial charge in [0.25, 0.3) is 0 Å². The smallest absolute Gasteiger partial charge is 0.115 e. The van der Waals surface area contributed by atoms with E-state index >= 15 is 0 Å². The summed E-state index contributed by atoms with van der Waals surface area (Å²) in [6, 6.07) is 7.64. The van der Waals surface area contributed by atoms with Crippen LogP contribution in [0.2, 0.25) is 0 Å². The van der Waals surface area contributed by atoms with Gasteiger partial charge < -0.3 is 5.11 Å². The summed E-state index contributed by atoms with van der Waals surface area (Å²) in [7, 11) is 0. The molecule has 0 radical (unpaired) electrons. The molecule has 1 N–H and O–H groups in total. The van der Waals surface area contributed by atoms with E-state index in [1.54, 1.807) is 12.1 Å². The first kappa shape index (κ1) is 15.1. The molecule has 0 saturated carbocycles. The Morgan fingerprint density at radius 1 is 0.944 bits per heavy atom. The second-order valence-electron chi connectivity index (χ2n) is 5.53. The summed E-state index contributed by atoms with van der Waals surface area (Å²) >= 11 is 0. The molecule has 1 aromatic rings. The van der Waals surface area contributed by atoms with Gasteiger partial charge in [0.15, 0.2) is 0 Å². The van der Waals surface area contributed by atoms with Gasteiger partial charge in [-0.05, 0) is 30.0 Å². The Morgan fingerprint density at radius 3 is 2.22 bits per heavy atom. The average molecular weight is 248 g/mol. The molecule has 0 spiro atoms. The molecule has 1 rings (SSSR count). The molecule has 0 aliphatic rings. The summed E-state index contributed by atoms with van der Waals surface area (Å²) in [5.74, 6) is 1.11. The quantitative estimate of drug-likeness (QED) is 0.586. The lowest BCUT2D eigenvalue weighted by Gasteiger charge is -2.11. The summed E-state index contributed by atoms with van der Waals surface area (Å²) < 4.78 is 0. The van der Waals surface area contributed by atoms with Gasteiger partial charge in [-0.2, -0.15) is 0 Å². The van der Waals surface area contributed by atoms with Crippen LogP contribution >= 0.6 is 0 Å². The molecule has 0 heterocycles. The van der Waals surface area contributed by atoms with Crippen molar-refractivity contribution in [3.8, 4) is 5.75 Å². The molecule has 0 aliphatic heterocycles. The molecule has 18 heavy (non-hydrogen) atoms. The number of hydrogen-bond acceptors (Lipinski definition) is 1. The first-order chi connectivity index (χ1) is 8.72. The topological polar surface area (TPSA) is 20.2 Å². The molecule has 0 saturated heterocycles. The molecular weight excluding hydrogens is 220 g/mol. The highest BCUT2D eigenvalue weighted by atomic mass is 16.3. The van der Waals surface area contributed by atoms with Crippen molar-refractivity contribution in [2.75, 3.05) is 0 Å². The van der Waals surface area contributed by atoms with Crippen molar-refractivity contribution < 1.29 is 5.11 Å². The molecule has 1 atom stereocenters. The summed E-state index contributed by atoms with van der Waals surface area (Å²) in [5.41, 5.74) is 1.34. The zero-order valence-corrected chi connectivity index (χ0v) is 12.0. The zero-order valence-electron chi connectivity index (χ0n) is 12.0. The zero-order chi connectivity index (χ0) is 13.2. The third-order valence-corrected chi connectivity index (χ3v) is 3.57. The van der Waals surface area contributed by atoms with Crippen molar-refractivity contribution >= 4 is 0 Å². The highest BCUT2D eigenvalue weighted by Gasteiger charge is 2.03.